The Morgan fingerprint density at radius 1 is 1.13 bits per heavy atom. The van der Waals surface area contributed by atoms with Crippen LogP contribution < -0.4 is 0 Å². The normalized spacial score (nSPS) is 20.3. The molecule has 4 heterocycles. The molecule has 5 nitrogen and oxygen atoms in total. The first-order chi connectivity index (χ1) is 14.7. The molecule has 1 unspecified atom stereocenters. The number of allylic oxidation sites excluding steroid dienone is 2. The van der Waals surface area contributed by atoms with Crippen molar-refractivity contribution in [2.45, 2.75) is 26.2 Å². The zero-order chi connectivity index (χ0) is 20.5. The van der Waals surface area contributed by atoms with Crippen LogP contribution in [0.25, 0.3) is 27.7 Å². The Balaban J connectivity index is 1.49. The van der Waals surface area contributed by atoms with E-state index in [1.807, 2.05) is 18.5 Å². The fourth-order valence-corrected chi connectivity index (χ4v) is 4.51. The molecule has 2 aromatic heterocycles. The number of fused-ring (bicyclic) bond motifs is 2. The van der Waals surface area contributed by atoms with E-state index in [9.17, 15) is 0 Å². The van der Waals surface area contributed by atoms with Crippen molar-refractivity contribution in [2.75, 3.05) is 32.8 Å². The van der Waals surface area contributed by atoms with E-state index in [0.717, 1.165) is 61.4 Å². The number of hydrogen-bond donors (Lipinski definition) is 0. The van der Waals surface area contributed by atoms with Gasteiger partial charge in [-0.05, 0) is 37.1 Å². The number of pyridine rings is 1. The Hall–Kier alpha value is -2.76. The third kappa shape index (κ3) is 3.71. The van der Waals surface area contributed by atoms with Crippen LogP contribution in [0.5, 0.6) is 0 Å². The van der Waals surface area contributed by atoms with Crippen molar-refractivity contribution in [1.29, 1.82) is 0 Å². The van der Waals surface area contributed by atoms with Crippen LogP contribution in [-0.2, 0) is 4.74 Å². The van der Waals surface area contributed by atoms with E-state index in [2.05, 4.69) is 64.8 Å². The van der Waals surface area contributed by atoms with Gasteiger partial charge in [0.2, 0.25) is 0 Å². The maximum absolute atomic E-state index is 5.49. The molecular formula is C25H28N4O. The molecule has 2 aliphatic rings. The van der Waals surface area contributed by atoms with Gasteiger partial charge in [-0.2, -0.15) is 5.10 Å². The molecule has 0 aliphatic carbocycles. The molecule has 1 saturated heterocycles. The van der Waals surface area contributed by atoms with Crippen molar-refractivity contribution in [2.24, 2.45) is 0 Å². The maximum Gasteiger partial charge on any atom is 0.0702 e. The summed E-state index contributed by atoms with van der Waals surface area (Å²) in [6, 6.07) is 10.5. The van der Waals surface area contributed by atoms with Gasteiger partial charge in [-0.3, -0.25) is 9.88 Å². The zero-order valence-corrected chi connectivity index (χ0v) is 17.7. The SMILES string of the molecule is CC1=CC(CN2CCOCC2)=CCC(C)c2c(-c3cnc4ccccc4c3)cnn21. The van der Waals surface area contributed by atoms with Crippen molar-refractivity contribution in [3.63, 3.8) is 0 Å². The van der Waals surface area contributed by atoms with Crippen molar-refractivity contribution >= 4 is 16.6 Å². The van der Waals surface area contributed by atoms with Gasteiger partial charge in [0.1, 0.15) is 0 Å². The minimum absolute atomic E-state index is 0.373. The van der Waals surface area contributed by atoms with Crippen LogP contribution in [0.1, 0.15) is 31.9 Å². The highest BCUT2D eigenvalue weighted by Crippen LogP contribution is 2.35. The summed E-state index contributed by atoms with van der Waals surface area (Å²) >= 11 is 0. The highest BCUT2D eigenvalue weighted by Gasteiger charge is 2.22. The average Bonchev–Trinajstić information content (AvgIpc) is 3.22. The minimum atomic E-state index is 0.373. The molecule has 0 bridgehead atoms. The van der Waals surface area contributed by atoms with Crippen molar-refractivity contribution in [1.82, 2.24) is 19.7 Å². The number of nitrogens with zero attached hydrogens (tertiary/aromatic N) is 4. The first kappa shape index (κ1) is 19.2. The van der Waals surface area contributed by atoms with E-state index in [4.69, 9.17) is 9.84 Å². The summed E-state index contributed by atoms with van der Waals surface area (Å²) in [4.78, 5) is 7.14. The molecule has 5 rings (SSSR count). The number of ether oxygens (including phenoxy) is 1. The number of morpholine rings is 1. The monoisotopic (exact) mass is 400 g/mol. The summed E-state index contributed by atoms with van der Waals surface area (Å²) in [6.45, 7) is 9.11. The molecule has 0 N–H and O–H groups in total. The van der Waals surface area contributed by atoms with Gasteiger partial charge >= 0.3 is 0 Å². The van der Waals surface area contributed by atoms with Gasteiger partial charge in [-0.15, -0.1) is 0 Å². The van der Waals surface area contributed by atoms with Crippen LogP contribution in [0.2, 0.25) is 0 Å². The topological polar surface area (TPSA) is 43.2 Å². The second-order valence-corrected chi connectivity index (χ2v) is 8.36. The number of aromatic nitrogens is 3. The lowest BCUT2D eigenvalue weighted by atomic mass is 9.94. The molecule has 1 atom stereocenters. The van der Waals surface area contributed by atoms with Crippen LogP contribution in [0.4, 0.5) is 0 Å². The lowest BCUT2D eigenvalue weighted by Gasteiger charge is -2.28. The highest BCUT2D eigenvalue weighted by atomic mass is 16.5. The summed E-state index contributed by atoms with van der Waals surface area (Å²) in [5.74, 6) is 0.373. The molecule has 0 spiro atoms. The van der Waals surface area contributed by atoms with Gasteiger partial charge in [0.15, 0.2) is 0 Å². The molecule has 1 fully saturated rings. The first-order valence-electron chi connectivity index (χ1n) is 10.8. The number of para-hydroxylation sites is 1. The maximum atomic E-state index is 5.49. The van der Waals surface area contributed by atoms with Crippen LogP contribution in [0, 0.1) is 0 Å². The Morgan fingerprint density at radius 2 is 1.97 bits per heavy atom. The molecule has 3 aromatic rings. The third-order valence-corrected chi connectivity index (χ3v) is 6.15. The molecule has 0 saturated carbocycles. The van der Waals surface area contributed by atoms with Crippen molar-refractivity contribution in [3.8, 4) is 11.1 Å². The summed E-state index contributed by atoms with van der Waals surface area (Å²) in [5.41, 5.74) is 7.14. The number of rotatable bonds is 3. The van der Waals surface area contributed by atoms with E-state index in [1.54, 1.807) is 0 Å². The standard InChI is InChI=1S/C25H28N4O/c1-18-7-8-20(17-28-9-11-30-12-10-28)13-19(2)29-25(18)23(16-27-29)22-14-21-5-3-4-6-24(21)26-15-22/h3-6,8,13-16,18H,7,9-12,17H2,1-2H3. The summed E-state index contributed by atoms with van der Waals surface area (Å²) in [7, 11) is 0. The molecule has 5 heteroatoms. The van der Waals surface area contributed by atoms with E-state index < -0.39 is 0 Å². The van der Waals surface area contributed by atoms with E-state index >= 15 is 0 Å². The predicted molar refractivity (Wildman–Crippen MR) is 121 cm³/mol. The van der Waals surface area contributed by atoms with Gasteiger partial charge < -0.3 is 4.74 Å². The van der Waals surface area contributed by atoms with Crippen LogP contribution >= 0.6 is 0 Å². The second kappa shape index (κ2) is 8.17. The molecule has 0 amide bonds. The lowest BCUT2D eigenvalue weighted by Crippen LogP contribution is -2.37. The predicted octanol–water partition coefficient (Wildman–Crippen LogP) is 4.72. The van der Waals surface area contributed by atoms with E-state index in [0.29, 0.717) is 5.92 Å². The smallest absolute Gasteiger partial charge is 0.0702 e. The third-order valence-electron chi connectivity index (χ3n) is 6.15. The molecule has 30 heavy (non-hydrogen) atoms. The second-order valence-electron chi connectivity index (χ2n) is 8.36. The van der Waals surface area contributed by atoms with Gasteiger partial charge in [0.05, 0.1) is 30.6 Å². The van der Waals surface area contributed by atoms with Crippen LogP contribution in [0.15, 0.2) is 60.5 Å². The van der Waals surface area contributed by atoms with Crippen LogP contribution in [0.3, 0.4) is 0 Å². The quantitative estimate of drug-likeness (QED) is 0.638. The highest BCUT2D eigenvalue weighted by molar-refractivity contribution is 5.84. The Bertz CT molecular complexity index is 1120. The fourth-order valence-electron chi connectivity index (χ4n) is 4.51. The zero-order valence-electron chi connectivity index (χ0n) is 17.7. The number of hydrogen-bond acceptors (Lipinski definition) is 4. The first-order valence-corrected chi connectivity index (χ1v) is 10.8. The van der Waals surface area contributed by atoms with E-state index in [1.165, 1.54) is 16.8 Å². The van der Waals surface area contributed by atoms with Gasteiger partial charge in [-0.25, -0.2) is 4.68 Å². The summed E-state index contributed by atoms with van der Waals surface area (Å²) in [6.07, 6.45) is 9.68. The molecule has 0 radical (unpaired) electrons. The summed E-state index contributed by atoms with van der Waals surface area (Å²) < 4.78 is 7.62. The molecule has 2 aliphatic heterocycles. The molecule has 1 aromatic carbocycles. The Morgan fingerprint density at radius 3 is 2.83 bits per heavy atom. The molecular weight excluding hydrogens is 372 g/mol. The Kier molecular flexibility index (Phi) is 5.23. The van der Waals surface area contributed by atoms with Crippen molar-refractivity contribution < 1.29 is 4.74 Å². The Labute approximate surface area is 177 Å². The van der Waals surface area contributed by atoms with Gasteiger partial charge in [-0.1, -0.05) is 31.2 Å². The van der Waals surface area contributed by atoms with Gasteiger partial charge in [0.25, 0.3) is 0 Å². The van der Waals surface area contributed by atoms with Crippen LogP contribution in [-0.4, -0.2) is 52.5 Å². The molecule has 154 valence electrons. The van der Waals surface area contributed by atoms with Crippen molar-refractivity contribution in [3.05, 3.63) is 66.1 Å². The minimum Gasteiger partial charge on any atom is -0.379 e. The average molecular weight is 401 g/mol. The largest absolute Gasteiger partial charge is 0.379 e. The lowest BCUT2D eigenvalue weighted by molar-refractivity contribution is 0.0426. The fraction of sp³-hybridized carbons (Fsp3) is 0.360. The number of benzene rings is 1. The van der Waals surface area contributed by atoms with Gasteiger partial charge in [0, 0.05) is 54.0 Å². The van der Waals surface area contributed by atoms with E-state index in [-0.39, 0.29) is 0 Å². The summed E-state index contributed by atoms with van der Waals surface area (Å²) in [5, 5.41) is 5.95.